The van der Waals surface area contributed by atoms with Gasteiger partial charge in [-0.15, -0.1) is 0 Å². The number of para-hydroxylation sites is 1. The van der Waals surface area contributed by atoms with Crippen LogP contribution in [0, 0.1) is 0 Å². The number of carbonyl (C=O) groups excluding carboxylic acids is 1. The van der Waals surface area contributed by atoms with Gasteiger partial charge in [0.05, 0.1) is 7.11 Å². The molecule has 1 aliphatic heterocycles. The molecule has 0 fully saturated rings. The van der Waals surface area contributed by atoms with Crippen LogP contribution in [0.5, 0.6) is 5.75 Å². The summed E-state index contributed by atoms with van der Waals surface area (Å²) in [6, 6.07) is 17.2. The van der Waals surface area contributed by atoms with E-state index in [1.54, 1.807) is 18.1 Å². The van der Waals surface area contributed by atoms with Gasteiger partial charge in [0, 0.05) is 24.0 Å². The number of nitrogens with one attached hydrogen (secondary N) is 1. The van der Waals surface area contributed by atoms with Gasteiger partial charge in [0.1, 0.15) is 23.6 Å². The van der Waals surface area contributed by atoms with Crippen LogP contribution in [0.15, 0.2) is 60.9 Å². The van der Waals surface area contributed by atoms with Gasteiger partial charge in [0.15, 0.2) is 0 Å². The zero-order valence-corrected chi connectivity index (χ0v) is 15.1. The molecule has 3 aromatic rings. The van der Waals surface area contributed by atoms with Gasteiger partial charge in [0.2, 0.25) is 0 Å². The Bertz CT molecular complexity index is 956. The molecule has 1 amide bonds. The molecule has 0 atom stereocenters. The van der Waals surface area contributed by atoms with E-state index in [1.165, 1.54) is 11.9 Å². The van der Waals surface area contributed by atoms with Crippen LogP contribution in [-0.4, -0.2) is 29.5 Å². The van der Waals surface area contributed by atoms with Crippen molar-refractivity contribution in [1.82, 2.24) is 9.97 Å². The first-order valence-corrected chi connectivity index (χ1v) is 8.87. The van der Waals surface area contributed by atoms with Crippen LogP contribution in [0.4, 0.5) is 17.2 Å². The smallest absolute Gasteiger partial charge is 0.277 e. The largest absolute Gasteiger partial charge is 0.497 e. The molecule has 0 unspecified atom stereocenters. The van der Waals surface area contributed by atoms with Crippen molar-refractivity contribution in [2.24, 2.45) is 0 Å². The molecule has 2 heterocycles. The maximum Gasteiger partial charge on any atom is 0.277 e. The summed E-state index contributed by atoms with van der Waals surface area (Å²) >= 11 is 0. The molecule has 6 nitrogen and oxygen atoms in total. The van der Waals surface area contributed by atoms with E-state index >= 15 is 0 Å². The summed E-state index contributed by atoms with van der Waals surface area (Å²) < 4.78 is 5.16. The Labute approximate surface area is 157 Å². The Hall–Kier alpha value is -3.41. The Morgan fingerprint density at radius 2 is 1.93 bits per heavy atom. The summed E-state index contributed by atoms with van der Waals surface area (Å²) in [4.78, 5) is 23.3. The van der Waals surface area contributed by atoms with Crippen molar-refractivity contribution in [1.29, 1.82) is 0 Å². The van der Waals surface area contributed by atoms with E-state index in [0.29, 0.717) is 18.1 Å². The second kappa shape index (κ2) is 7.45. The average molecular weight is 360 g/mol. The number of fused-ring (bicyclic) bond motifs is 1. The summed E-state index contributed by atoms with van der Waals surface area (Å²) in [5.74, 6) is 1.24. The fourth-order valence-electron chi connectivity index (χ4n) is 3.25. The number of rotatable bonds is 4. The predicted octanol–water partition coefficient (Wildman–Crippen LogP) is 3.82. The van der Waals surface area contributed by atoms with E-state index < -0.39 is 0 Å². The highest BCUT2D eigenvalue weighted by atomic mass is 16.5. The Morgan fingerprint density at radius 3 is 2.74 bits per heavy atom. The van der Waals surface area contributed by atoms with Crippen molar-refractivity contribution in [3.05, 3.63) is 72.2 Å². The van der Waals surface area contributed by atoms with E-state index in [0.717, 1.165) is 30.0 Å². The highest BCUT2D eigenvalue weighted by Crippen LogP contribution is 2.28. The van der Waals surface area contributed by atoms with Gasteiger partial charge >= 0.3 is 0 Å². The lowest BCUT2D eigenvalue weighted by Crippen LogP contribution is -2.36. The van der Waals surface area contributed by atoms with Crippen LogP contribution in [0.25, 0.3) is 0 Å². The highest BCUT2D eigenvalue weighted by molar-refractivity contribution is 6.05. The van der Waals surface area contributed by atoms with Gasteiger partial charge < -0.3 is 15.0 Å². The SMILES string of the molecule is COc1ccc(Nc2cc(C(=O)N3CCCc4ccccc43)ncn2)cc1. The minimum absolute atomic E-state index is 0.109. The predicted molar refractivity (Wildman–Crippen MR) is 105 cm³/mol. The van der Waals surface area contributed by atoms with E-state index in [2.05, 4.69) is 21.4 Å². The van der Waals surface area contributed by atoms with Gasteiger partial charge in [-0.2, -0.15) is 0 Å². The molecule has 0 saturated heterocycles. The van der Waals surface area contributed by atoms with Gasteiger partial charge in [0.25, 0.3) is 5.91 Å². The third kappa shape index (κ3) is 3.60. The first kappa shape index (κ1) is 17.0. The second-order valence-corrected chi connectivity index (χ2v) is 6.33. The van der Waals surface area contributed by atoms with Crippen LogP contribution in [0.3, 0.4) is 0 Å². The van der Waals surface area contributed by atoms with Crippen LogP contribution in [0.1, 0.15) is 22.5 Å². The molecule has 136 valence electrons. The number of hydrogen-bond acceptors (Lipinski definition) is 5. The van der Waals surface area contributed by atoms with Crippen molar-refractivity contribution in [2.75, 3.05) is 23.9 Å². The number of carbonyl (C=O) groups is 1. The molecular formula is C21H20N4O2. The molecule has 0 saturated carbocycles. The third-order valence-electron chi connectivity index (χ3n) is 4.60. The minimum atomic E-state index is -0.109. The standard InChI is InChI=1S/C21H20N4O2/c1-27-17-10-8-16(9-11-17)24-20-13-18(22-14-23-20)21(26)25-12-4-6-15-5-2-3-7-19(15)25/h2-3,5,7-11,13-14H,4,6,12H2,1H3,(H,22,23,24). The van der Waals surface area contributed by atoms with Crippen molar-refractivity contribution >= 4 is 23.1 Å². The molecule has 6 heteroatoms. The minimum Gasteiger partial charge on any atom is -0.497 e. The first-order valence-electron chi connectivity index (χ1n) is 8.87. The van der Waals surface area contributed by atoms with Gasteiger partial charge in [-0.3, -0.25) is 4.79 Å². The lowest BCUT2D eigenvalue weighted by atomic mass is 10.0. The molecule has 2 aromatic carbocycles. The van der Waals surface area contributed by atoms with E-state index in [4.69, 9.17) is 4.74 Å². The number of anilines is 3. The number of aromatic nitrogens is 2. The number of methoxy groups -OCH3 is 1. The number of ether oxygens (including phenoxy) is 1. The average Bonchev–Trinajstić information content (AvgIpc) is 2.73. The summed E-state index contributed by atoms with van der Waals surface area (Å²) in [6.45, 7) is 0.696. The second-order valence-electron chi connectivity index (χ2n) is 6.33. The fourth-order valence-corrected chi connectivity index (χ4v) is 3.25. The summed E-state index contributed by atoms with van der Waals surface area (Å²) in [5, 5.41) is 3.20. The summed E-state index contributed by atoms with van der Waals surface area (Å²) in [7, 11) is 1.63. The zero-order valence-electron chi connectivity index (χ0n) is 15.1. The molecule has 4 rings (SSSR count). The number of hydrogen-bond donors (Lipinski definition) is 1. The summed E-state index contributed by atoms with van der Waals surface area (Å²) in [5.41, 5.74) is 3.40. The topological polar surface area (TPSA) is 67.3 Å². The van der Waals surface area contributed by atoms with Crippen molar-refractivity contribution < 1.29 is 9.53 Å². The molecule has 1 aromatic heterocycles. The monoisotopic (exact) mass is 360 g/mol. The molecule has 0 spiro atoms. The highest BCUT2D eigenvalue weighted by Gasteiger charge is 2.24. The van der Waals surface area contributed by atoms with Crippen molar-refractivity contribution in [3.8, 4) is 5.75 Å². The number of aryl methyl sites for hydroxylation is 1. The van der Waals surface area contributed by atoms with Gasteiger partial charge in [-0.05, 0) is 48.7 Å². The number of benzene rings is 2. The maximum atomic E-state index is 13.0. The van der Waals surface area contributed by atoms with Gasteiger partial charge in [-0.25, -0.2) is 9.97 Å². The lowest BCUT2D eigenvalue weighted by Gasteiger charge is -2.29. The van der Waals surface area contributed by atoms with Crippen LogP contribution in [-0.2, 0) is 6.42 Å². The lowest BCUT2D eigenvalue weighted by molar-refractivity contribution is 0.0980. The molecular weight excluding hydrogens is 340 g/mol. The fraction of sp³-hybridized carbons (Fsp3) is 0.190. The maximum absolute atomic E-state index is 13.0. The normalized spacial score (nSPS) is 13.0. The number of nitrogens with zero attached hydrogens (tertiary/aromatic N) is 3. The molecule has 0 radical (unpaired) electrons. The molecule has 0 aliphatic carbocycles. The van der Waals surface area contributed by atoms with Crippen LogP contribution >= 0.6 is 0 Å². The Kier molecular flexibility index (Phi) is 4.70. The van der Waals surface area contributed by atoms with Crippen molar-refractivity contribution in [2.45, 2.75) is 12.8 Å². The Morgan fingerprint density at radius 1 is 1.11 bits per heavy atom. The molecule has 0 bridgehead atoms. The summed E-state index contributed by atoms with van der Waals surface area (Å²) in [6.07, 6.45) is 3.35. The van der Waals surface area contributed by atoms with Crippen LogP contribution < -0.4 is 15.0 Å². The molecule has 1 N–H and O–H groups in total. The quantitative estimate of drug-likeness (QED) is 0.766. The molecule has 27 heavy (non-hydrogen) atoms. The zero-order chi connectivity index (χ0) is 18.6. The van der Waals surface area contributed by atoms with E-state index in [9.17, 15) is 4.79 Å². The van der Waals surface area contributed by atoms with Gasteiger partial charge in [-0.1, -0.05) is 18.2 Å². The first-order chi connectivity index (χ1) is 13.2. The molecule has 1 aliphatic rings. The number of amides is 1. The van der Waals surface area contributed by atoms with E-state index in [1.807, 2.05) is 42.5 Å². The Balaban J connectivity index is 1.56. The van der Waals surface area contributed by atoms with Crippen LogP contribution in [0.2, 0.25) is 0 Å². The van der Waals surface area contributed by atoms with Crippen molar-refractivity contribution in [3.63, 3.8) is 0 Å². The van der Waals surface area contributed by atoms with E-state index in [-0.39, 0.29) is 5.91 Å². The third-order valence-corrected chi connectivity index (χ3v) is 4.60.